The normalized spacial score (nSPS) is 21.4. The molecule has 1 fully saturated rings. The number of aromatic nitrogens is 2. The van der Waals surface area contributed by atoms with Crippen molar-refractivity contribution in [2.24, 2.45) is 5.41 Å². The zero-order valence-corrected chi connectivity index (χ0v) is 11.6. The molecular formula is C15H18N2O3. The summed E-state index contributed by atoms with van der Waals surface area (Å²) in [7, 11) is 0. The Morgan fingerprint density at radius 1 is 1.45 bits per heavy atom. The summed E-state index contributed by atoms with van der Waals surface area (Å²) in [5.74, 6) is -0.974. The first-order chi connectivity index (χ1) is 9.40. The lowest BCUT2D eigenvalue weighted by atomic mass is 9.87. The lowest BCUT2D eigenvalue weighted by Gasteiger charge is -2.28. The molecule has 3 rings (SSSR count). The Morgan fingerprint density at radius 2 is 2.20 bits per heavy atom. The number of fused-ring (bicyclic) bond motifs is 1. The van der Waals surface area contributed by atoms with Crippen molar-refractivity contribution in [1.82, 2.24) is 9.55 Å². The summed E-state index contributed by atoms with van der Waals surface area (Å²) < 4.78 is 1.74. The lowest BCUT2D eigenvalue weighted by Crippen LogP contribution is -2.29. The van der Waals surface area contributed by atoms with E-state index in [2.05, 4.69) is 18.8 Å². The molecule has 0 saturated heterocycles. The molecule has 0 spiro atoms. The fourth-order valence-corrected chi connectivity index (χ4v) is 3.35. The van der Waals surface area contributed by atoms with Gasteiger partial charge in [0.05, 0.1) is 16.6 Å². The number of aromatic carboxylic acids is 1. The summed E-state index contributed by atoms with van der Waals surface area (Å²) in [6.07, 6.45) is 3.13. The first-order valence-electron chi connectivity index (χ1n) is 6.88. The summed E-state index contributed by atoms with van der Waals surface area (Å²) in [6, 6.07) is 4.89. The highest BCUT2D eigenvalue weighted by atomic mass is 16.4. The van der Waals surface area contributed by atoms with Gasteiger partial charge in [0.25, 0.3) is 0 Å². The van der Waals surface area contributed by atoms with Gasteiger partial charge in [-0.1, -0.05) is 20.3 Å². The quantitative estimate of drug-likeness (QED) is 0.884. The van der Waals surface area contributed by atoms with E-state index in [0.717, 1.165) is 19.3 Å². The minimum atomic E-state index is -0.974. The van der Waals surface area contributed by atoms with Gasteiger partial charge in [0, 0.05) is 6.04 Å². The zero-order valence-electron chi connectivity index (χ0n) is 11.6. The minimum Gasteiger partial charge on any atom is -0.478 e. The molecule has 1 atom stereocenters. The molecule has 1 heterocycles. The number of benzene rings is 1. The van der Waals surface area contributed by atoms with Crippen LogP contribution in [0.5, 0.6) is 0 Å². The molecule has 1 aliphatic carbocycles. The number of aromatic amines is 1. The van der Waals surface area contributed by atoms with Gasteiger partial charge in [-0.05, 0) is 36.5 Å². The van der Waals surface area contributed by atoms with Crippen LogP contribution in [-0.4, -0.2) is 20.6 Å². The van der Waals surface area contributed by atoms with Gasteiger partial charge < -0.3 is 10.1 Å². The van der Waals surface area contributed by atoms with Crippen molar-refractivity contribution in [2.45, 2.75) is 39.2 Å². The van der Waals surface area contributed by atoms with Crippen LogP contribution in [0, 0.1) is 5.41 Å². The summed E-state index contributed by atoms with van der Waals surface area (Å²) in [6.45, 7) is 4.33. The van der Waals surface area contributed by atoms with Gasteiger partial charge in [0.1, 0.15) is 0 Å². The largest absolute Gasteiger partial charge is 0.478 e. The topological polar surface area (TPSA) is 75.1 Å². The van der Waals surface area contributed by atoms with E-state index in [1.807, 2.05) is 0 Å². The van der Waals surface area contributed by atoms with Gasteiger partial charge in [0.2, 0.25) is 0 Å². The molecule has 1 unspecified atom stereocenters. The number of hydrogen-bond donors (Lipinski definition) is 2. The standard InChI is InChI=1S/C15H18N2O3/c1-15(2)7-3-4-12(15)17-11-8-9(13(18)19)5-6-10(11)16-14(17)20/h5-6,8,12H,3-4,7H2,1-2H3,(H,16,20)(H,18,19). The van der Waals surface area contributed by atoms with Crippen LogP contribution in [0.4, 0.5) is 0 Å². The van der Waals surface area contributed by atoms with Crippen molar-refractivity contribution in [2.75, 3.05) is 0 Å². The summed E-state index contributed by atoms with van der Waals surface area (Å²) in [4.78, 5) is 26.2. The second-order valence-corrected chi connectivity index (χ2v) is 6.23. The summed E-state index contributed by atoms with van der Waals surface area (Å²) in [5.41, 5.74) is 1.50. The van der Waals surface area contributed by atoms with E-state index in [1.165, 1.54) is 6.07 Å². The maximum atomic E-state index is 12.3. The van der Waals surface area contributed by atoms with E-state index in [4.69, 9.17) is 5.11 Å². The fraction of sp³-hybridized carbons (Fsp3) is 0.467. The van der Waals surface area contributed by atoms with Crippen molar-refractivity contribution in [3.05, 3.63) is 34.2 Å². The highest BCUT2D eigenvalue weighted by molar-refractivity contribution is 5.92. The molecule has 2 N–H and O–H groups in total. The highest BCUT2D eigenvalue weighted by Gasteiger charge is 2.37. The molecule has 0 amide bonds. The van der Waals surface area contributed by atoms with E-state index in [-0.39, 0.29) is 22.7 Å². The van der Waals surface area contributed by atoms with Gasteiger partial charge in [-0.2, -0.15) is 0 Å². The Morgan fingerprint density at radius 3 is 2.80 bits per heavy atom. The van der Waals surface area contributed by atoms with Crippen molar-refractivity contribution in [1.29, 1.82) is 0 Å². The molecule has 20 heavy (non-hydrogen) atoms. The number of imidazole rings is 1. The van der Waals surface area contributed by atoms with Gasteiger partial charge in [-0.25, -0.2) is 9.59 Å². The second kappa shape index (κ2) is 4.23. The van der Waals surface area contributed by atoms with Crippen LogP contribution in [0.2, 0.25) is 0 Å². The Balaban J connectivity index is 2.24. The number of carbonyl (C=O) groups is 1. The van der Waals surface area contributed by atoms with E-state index >= 15 is 0 Å². The van der Waals surface area contributed by atoms with Crippen LogP contribution in [0.1, 0.15) is 49.5 Å². The Kier molecular flexibility index (Phi) is 2.74. The summed E-state index contributed by atoms with van der Waals surface area (Å²) in [5, 5.41) is 9.11. The van der Waals surface area contributed by atoms with Crippen molar-refractivity contribution >= 4 is 17.0 Å². The van der Waals surface area contributed by atoms with Crippen LogP contribution in [0.15, 0.2) is 23.0 Å². The molecule has 1 aromatic heterocycles. The maximum absolute atomic E-state index is 12.3. The first kappa shape index (κ1) is 13.0. The molecule has 5 heteroatoms. The van der Waals surface area contributed by atoms with Crippen LogP contribution in [-0.2, 0) is 0 Å². The Bertz CT molecular complexity index is 739. The number of carboxylic acids is 1. The zero-order chi connectivity index (χ0) is 14.5. The maximum Gasteiger partial charge on any atom is 0.335 e. The highest BCUT2D eigenvalue weighted by Crippen LogP contribution is 2.46. The van der Waals surface area contributed by atoms with Crippen molar-refractivity contribution in [3.63, 3.8) is 0 Å². The number of rotatable bonds is 2. The molecular weight excluding hydrogens is 256 g/mol. The fourth-order valence-electron chi connectivity index (χ4n) is 3.35. The molecule has 0 bridgehead atoms. The Hall–Kier alpha value is -2.04. The smallest absolute Gasteiger partial charge is 0.335 e. The average molecular weight is 274 g/mol. The molecule has 1 saturated carbocycles. The Labute approximate surface area is 116 Å². The third-order valence-corrected chi connectivity index (χ3v) is 4.48. The number of carboxylic acid groups (broad SMARTS) is 1. The molecule has 1 aliphatic rings. The van der Waals surface area contributed by atoms with E-state index in [1.54, 1.807) is 16.7 Å². The second-order valence-electron chi connectivity index (χ2n) is 6.23. The van der Waals surface area contributed by atoms with E-state index in [0.29, 0.717) is 11.0 Å². The molecule has 0 aliphatic heterocycles. The SMILES string of the molecule is CC1(C)CCCC1n1c(=O)[nH]c2ccc(C(=O)O)cc21. The molecule has 0 radical (unpaired) electrons. The number of nitrogens with one attached hydrogen (secondary N) is 1. The monoisotopic (exact) mass is 274 g/mol. The number of nitrogens with zero attached hydrogens (tertiary/aromatic N) is 1. The van der Waals surface area contributed by atoms with Gasteiger partial charge in [-0.15, -0.1) is 0 Å². The van der Waals surface area contributed by atoms with Crippen LogP contribution in [0.3, 0.4) is 0 Å². The van der Waals surface area contributed by atoms with Crippen LogP contribution >= 0.6 is 0 Å². The molecule has 5 nitrogen and oxygen atoms in total. The van der Waals surface area contributed by atoms with Gasteiger partial charge >= 0.3 is 11.7 Å². The number of hydrogen-bond acceptors (Lipinski definition) is 2. The van der Waals surface area contributed by atoms with Crippen LogP contribution < -0.4 is 5.69 Å². The van der Waals surface area contributed by atoms with Crippen molar-refractivity contribution in [3.8, 4) is 0 Å². The minimum absolute atomic E-state index is 0.0537. The lowest BCUT2D eigenvalue weighted by molar-refractivity contribution is 0.0697. The molecule has 1 aromatic carbocycles. The van der Waals surface area contributed by atoms with E-state index in [9.17, 15) is 9.59 Å². The third kappa shape index (κ3) is 1.85. The number of H-pyrrole nitrogens is 1. The third-order valence-electron chi connectivity index (χ3n) is 4.48. The van der Waals surface area contributed by atoms with Crippen molar-refractivity contribution < 1.29 is 9.90 Å². The average Bonchev–Trinajstić information content (AvgIpc) is 2.86. The van der Waals surface area contributed by atoms with Gasteiger partial charge in [-0.3, -0.25) is 4.57 Å². The predicted octanol–water partition coefficient (Wildman–Crippen LogP) is 2.78. The summed E-state index contributed by atoms with van der Waals surface area (Å²) >= 11 is 0. The molecule has 106 valence electrons. The van der Waals surface area contributed by atoms with Gasteiger partial charge in [0.15, 0.2) is 0 Å². The van der Waals surface area contributed by atoms with E-state index < -0.39 is 5.97 Å². The first-order valence-corrected chi connectivity index (χ1v) is 6.88. The van der Waals surface area contributed by atoms with Crippen LogP contribution in [0.25, 0.3) is 11.0 Å². The predicted molar refractivity (Wildman–Crippen MR) is 76.2 cm³/mol. The molecule has 2 aromatic rings.